The van der Waals surface area contributed by atoms with Crippen molar-refractivity contribution < 1.29 is 9.31 Å². The number of halogens is 1. The van der Waals surface area contributed by atoms with E-state index < -0.39 is 10.7 Å². The van der Waals surface area contributed by atoms with E-state index in [9.17, 15) is 14.5 Å². The molecule has 0 saturated heterocycles. The Balaban J connectivity index is 2.44. The first-order valence-corrected chi connectivity index (χ1v) is 6.24. The van der Waals surface area contributed by atoms with E-state index in [1.807, 2.05) is 0 Å². The van der Waals surface area contributed by atoms with Gasteiger partial charge in [-0.1, -0.05) is 0 Å². The Morgan fingerprint density at radius 3 is 2.71 bits per heavy atom. The van der Waals surface area contributed by atoms with Gasteiger partial charge < -0.3 is 0 Å². The zero-order chi connectivity index (χ0) is 15.1. The molecule has 0 N–H and O–H groups in total. The second-order valence-electron chi connectivity index (χ2n) is 4.72. The van der Waals surface area contributed by atoms with Crippen molar-refractivity contribution in [3.8, 4) is 5.69 Å². The Morgan fingerprint density at radius 1 is 1.33 bits per heavy atom. The number of non-ortho nitro benzene ring substituents is 1. The van der Waals surface area contributed by atoms with Gasteiger partial charge in [0.2, 0.25) is 0 Å². The molecule has 0 aliphatic heterocycles. The number of hydrogen-bond donors (Lipinski definition) is 0. The summed E-state index contributed by atoms with van der Waals surface area (Å²) in [6.07, 6.45) is 1.47. The van der Waals surface area contributed by atoms with Gasteiger partial charge in [-0.25, -0.2) is 9.07 Å². The Bertz CT molecular complexity index is 873. The number of nitro benzene ring substituents is 1. The van der Waals surface area contributed by atoms with Gasteiger partial charge in [-0.3, -0.25) is 15.1 Å². The van der Waals surface area contributed by atoms with Gasteiger partial charge in [-0.2, -0.15) is 5.10 Å². The average Bonchev–Trinajstić information content (AvgIpc) is 2.76. The molecule has 0 aliphatic rings. The standard InChI is InChI=1S/C14H11FN4O2/c1-8-6-9(2)18(17-8)14-11(15)7-12(19(20)21)10-4-3-5-16-13(10)14/h3-7H,1-2H3. The van der Waals surface area contributed by atoms with Crippen LogP contribution in [0.3, 0.4) is 0 Å². The lowest BCUT2D eigenvalue weighted by Gasteiger charge is -2.09. The second kappa shape index (κ2) is 4.62. The predicted molar refractivity (Wildman–Crippen MR) is 75.0 cm³/mol. The highest BCUT2D eigenvalue weighted by Crippen LogP contribution is 2.31. The second-order valence-corrected chi connectivity index (χ2v) is 4.72. The van der Waals surface area contributed by atoms with E-state index in [-0.39, 0.29) is 22.3 Å². The van der Waals surface area contributed by atoms with Crippen LogP contribution in [-0.2, 0) is 0 Å². The van der Waals surface area contributed by atoms with Crippen molar-refractivity contribution in [2.24, 2.45) is 0 Å². The van der Waals surface area contributed by atoms with E-state index in [0.29, 0.717) is 0 Å². The molecule has 3 rings (SSSR count). The molecule has 6 nitrogen and oxygen atoms in total. The van der Waals surface area contributed by atoms with Gasteiger partial charge in [0.1, 0.15) is 11.2 Å². The van der Waals surface area contributed by atoms with Crippen LogP contribution in [0.15, 0.2) is 30.5 Å². The molecule has 0 amide bonds. The maximum absolute atomic E-state index is 14.4. The van der Waals surface area contributed by atoms with Crippen molar-refractivity contribution in [2.45, 2.75) is 13.8 Å². The number of aryl methyl sites for hydroxylation is 2. The molecule has 106 valence electrons. The third kappa shape index (κ3) is 2.03. The maximum Gasteiger partial charge on any atom is 0.281 e. The van der Waals surface area contributed by atoms with Crippen LogP contribution in [-0.4, -0.2) is 19.7 Å². The van der Waals surface area contributed by atoms with Crippen LogP contribution in [0.25, 0.3) is 16.6 Å². The maximum atomic E-state index is 14.4. The van der Waals surface area contributed by atoms with E-state index in [4.69, 9.17) is 0 Å². The summed E-state index contributed by atoms with van der Waals surface area (Å²) in [5.74, 6) is -0.723. The highest BCUT2D eigenvalue weighted by atomic mass is 19.1. The van der Waals surface area contributed by atoms with Crippen LogP contribution in [0.1, 0.15) is 11.4 Å². The van der Waals surface area contributed by atoms with Crippen LogP contribution in [0, 0.1) is 29.8 Å². The summed E-state index contributed by atoms with van der Waals surface area (Å²) >= 11 is 0. The molecule has 0 bridgehead atoms. The summed E-state index contributed by atoms with van der Waals surface area (Å²) < 4.78 is 15.8. The Kier molecular flexibility index (Phi) is 2.90. The Hall–Kier alpha value is -2.83. The lowest BCUT2D eigenvalue weighted by atomic mass is 10.1. The lowest BCUT2D eigenvalue weighted by molar-refractivity contribution is -0.383. The van der Waals surface area contributed by atoms with E-state index in [1.54, 1.807) is 32.0 Å². The fourth-order valence-corrected chi connectivity index (χ4v) is 2.39. The molecule has 0 fully saturated rings. The van der Waals surface area contributed by atoms with Crippen molar-refractivity contribution in [1.29, 1.82) is 0 Å². The monoisotopic (exact) mass is 286 g/mol. The Morgan fingerprint density at radius 2 is 2.10 bits per heavy atom. The van der Waals surface area contributed by atoms with Crippen molar-refractivity contribution in [3.63, 3.8) is 0 Å². The zero-order valence-corrected chi connectivity index (χ0v) is 11.4. The molecule has 0 unspecified atom stereocenters. The Labute approximate surface area is 119 Å². The van der Waals surface area contributed by atoms with Crippen LogP contribution in [0.2, 0.25) is 0 Å². The van der Waals surface area contributed by atoms with Gasteiger partial charge in [-0.05, 0) is 32.0 Å². The molecule has 0 spiro atoms. The normalized spacial score (nSPS) is 11.0. The largest absolute Gasteiger partial charge is 0.281 e. The summed E-state index contributed by atoms with van der Waals surface area (Å²) in [6.45, 7) is 3.58. The average molecular weight is 286 g/mol. The van der Waals surface area contributed by atoms with Crippen molar-refractivity contribution in [3.05, 3.63) is 57.8 Å². The predicted octanol–water partition coefficient (Wildman–Crippen LogP) is 3.08. The van der Waals surface area contributed by atoms with Gasteiger partial charge in [0.05, 0.1) is 22.1 Å². The smallest absolute Gasteiger partial charge is 0.258 e. The first-order valence-electron chi connectivity index (χ1n) is 6.24. The molecule has 21 heavy (non-hydrogen) atoms. The molecule has 2 aromatic heterocycles. The van der Waals surface area contributed by atoms with Crippen LogP contribution in [0.4, 0.5) is 10.1 Å². The number of rotatable bonds is 2. The quantitative estimate of drug-likeness (QED) is 0.536. The van der Waals surface area contributed by atoms with Crippen LogP contribution < -0.4 is 0 Å². The third-order valence-electron chi connectivity index (χ3n) is 3.22. The van der Waals surface area contributed by atoms with E-state index in [0.717, 1.165) is 17.5 Å². The summed E-state index contributed by atoms with van der Waals surface area (Å²) in [5, 5.41) is 15.6. The number of hydrogen-bond acceptors (Lipinski definition) is 4. The van der Waals surface area contributed by atoms with Gasteiger partial charge in [0, 0.05) is 11.9 Å². The summed E-state index contributed by atoms with van der Waals surface area (Å²) in [5.41, 5.74) is 1.50. The third-order valence-corrected chi connectivity index (χ3v) is 3.22. The van der Waals surface area contributed by atoms with E-state index in [2.05, 4.69) is 10.1 Å². The van der Waals surface area contributed by atoms with Gasteiger partial charge in [-0.15, -0.1) is 0 Å². The number of fused-ring (bicyclic) bond motifs is 1. The fraction of sp³-hybridized carbons (Fsp3) is 0.143. The van der Waals surface area contributed by atoms with Crippen LogP contribution >= 0.6 is 0 Å². The van der Waals surface area contributed by atoms with E-state index in [1.165, 1.54) is 10.9 Å². The zero-order valence-electron chi connectivity index (χ0n) is 11.4. The summed E-state index contributed by atoms with van der Waals surface area (Å²) in [7, 11) is 0. The molecular formula is C14H11FN4O2. The van der Waals surface area contributed by atoms with E-state index >= 15 is 0 Å². The summed E-state index contributed by atoms with van der Waals surface area (Å²) in [6, 6.07) is 5.85. The molecule has 0 radical (unpaired) electrons. The minimum Gasteiger partial charge on any atom is -0.258 e. The minimum absolute atomic E-state index is 0.127. The SMILES string of the molecule is Cc1cc(C)n(-c2c(F)cc([N+](=O)[O-])c3cccnc23)n1. The number of nitrogens with zero attached hydrogens (tertiary/aromatic N) is 4. The molecule has 7 heteroatoms. The molecule has 2 heterocycles. The molecule has 1 aromatic carbocycles. The van der Waals surface area contributed by atoms with Crippen molar-refractivity contribution in [1.82, 2.24) is 14.8 Å². The molecule has 0 aliphatic carbocycles. The number of benzene rings is 1. The molecule has 3 aromatic rings. The number of aromatic nitrogens is 3. The number of nitro groups is 1. The number of pyridine rings is 1. The highest BCUT2D eigenvalue weighted by molar-refractivity contribution is 5.94. The van der Waals surface area contributed by atoms with Crippen LogP contribution in [0.5, 0.6) is 0 Å². The first kappa shape index (κ1) is 13.2. The topological polar surface area (TPSA) is 73.8 Å². The summed E-state index contributed by atoms with van der Waals surface area (Å²) in [4.78, 5) is 14.6. The van der Waals surface area contributed by atoms with Gasteiger partial charge in [0.15, 0.2) is 5.82 Å². The minimum atomic E-state index is -0.723. The fourth-order valence-electron chi connectivity index (χ4n) is 2.39. The highest BCUT2D eigenvalue weighted by Gasteiger charge is 2.22. The van der Waals surface area contributed by atoms with Crippen molar-refractivity contribution in [2.75, 3.05) is 0 Å². The lowest BCUT2D eigenvalue weighted by Crippen LogP contribution is -2.05. The molecular weight excluding hydrogens is 275 g/mol. The molecule has 0 saturated carbocycles. The van der Waals surface area contributed by atoms with Crippen molar-refractivity contribution >= 4 is 16.6 Å². The first-order chi connectivity index (χ1) is 9.99. The molecule has 0 atom stereocenters. The van der Waals surface area contributed by atoms with Gasteiger partial charge >= 0.3 is 0 Å². The van der Waals surface area contributed by atoms with Gasteiger partial charge in [0.25, 0.3) is 5.69 Å².